The molecule has 0 aliphatic carbocycles. The number of rotatable bonds is 8. The summed E-state index contributed by atoms with van der Waals surface area (Å²) < 4.78 is 22.3. The number of fused-ring (bicyclic) bond motifs is 1. The van der Waals surface area contributed by atoms with Crippen molar-refractivity contribution in [2.45, 2.75) is 67.5 Å². The number of ether oxygens (including phenoxy) is 4. The molecular weight excluding hydrogens is 480 g/mol. The summed E-state index contributed by atoms with van der Waals surface area (Å²) in [7, 11) is 0. The standard InChI is InChI=1S/C23H32N2O11/c24-7-13(11-3-4-12-10(6-11)2-1-5-25-12)34-23-21(32)19(30)17(28)15(36-23)9-33-22-20(31)18(29)16(27)14(8-26)35-22/h1-6,13-23,26-32H,7-9,24H2/t13?,14-,15-,16-,17-,18+,19+,20-,21-,22-,23-/m1/s1. The van der Waals surface area contributed by atoms with Crippen LogP contribution in [0.15, 0.2) is 36.5 Å². The van der Waals surface area contributed by atoms with Crippen molar-refractivity contribution in [3.8, 4) is 0 Å². The first kappa shape index (κ1) is 27.2. The molecule has 1 aromatic carbocycles. The maximum Gasteiger partial charge on any atom is 0.187 e. The van der Waals surface area contributed by atoms with Crippen molar-refractivity contribution in [1.82, 2.24) is 4.98 Å². The molecular formula is C23H32N2O11. The van der Waals surface area contributed by atoms with Crippen LogP contribution in [0.3, 0.4) is 0 Å². The quantitative estimate of drug-likeness (QED) is 0.176. The molecule has 0 bridgehead atoms. The lowest BCUT2D eigenvalue weighted by Gasteiger charge is -2.43. The second-order valence-corrected chi connectivity index (χ2v) is 8.86. The summed E-state index contributed by atoms with van der Waals surface area (Å²) in [5.74, 6) is 0. The van der Waals surface area contributed by atoms with Crippen molar-refractivity contribution < 1.29 is 54.7 Å². The highest BCUT2D eigenvalue weighted by molar-refractivity contribution is 5.79. The summed E-state index contributed by atoms with van der Waals surface area (Å²) in [5, 5.41) is 71.4. The van der Waals surface area contributed by atoms with Crippen molar-refractivity contribution in [1.29, 1.82) is 0 Å². The van der Waals surface area contributed by atoms with Crippen LogP contribution in [0, 0.1) is 0 Å². The van der Waals surface area contributed by atoms with E-state index in [1.54, 1.807) is 24.4 Å². The van der Waals surface area contributed by atoms with Gasteiger partial charge in [0.25, 0.3) is 0 Å². The van der Waals surface area contributed by atoms with E-state index < -0.39 is 80.7 Å². The lowest BCUT2D eigenvalue weighted by atomic mass is 9.98. The number of hydrogen-bond acceptors (Lipinski definition) is 13. The Bertz CT molecular complexity index is 997. The number of aromatic nitrogens is 1. The summed E-state index contributed by atoms with van der Waals surface area (Å²) in [6.07, 6.45) is -14.1. The van der Waals surface area contributed by atoms with Crippen molar-refractivity contribution in [3.63, 3.8) is 0 Å². The van der Waals surface area contributed by atoms with Crippen LogP contribution < -0.4 is 5.73 Å². The number of nitrogens with two attached hydrogens (primary N) is 1. The van der Waals surface area contributed by atoms with Crippen molar-refractivity contribution >= 4 is 10.9 Å². The molecule has 2 fully saturated rings. The largest absolute Gasteiger partial charge is 0.394 e. The van der Waals surface area contributed by atoms with E-state index in [0.717, 1.165) is 10.9 Å². The van der Waals surface area contributed by atoms with Crippen LogP contribution in [-0.4, -0.2) is 122 Å². The van der Waals surface area contributed by atoms with Crippen molar-refractivity contribution in [3.05, 3.63) is 42.1 Å². The number of aliphatic hydroxyl groups excluding tert-OH is 7. The van der Waals surface area contributed by atoms with Crippen LogP contribution in [-0.2, 0) is 18.9 Å². The molecule has 200 valence electrons. The van der Waals surface area contributed by atoms with E-state index >= 15 is 0 Å². The summed E-state index contributed by atoms with van der Waals surface area (Å²) in [4.78, 5) is 4.26. The average molecular weight is 513 g/mol. The Morgan fingerprint density at radius 2 is 1.53 bits per heavy atom. The normalized spacial score (nSPS) is 38.2. The number of nitrogens with zero attached hydrogens (tertiary/aromatic N) is 1. The van der Waals surface area contributed by atoms with Gasteiger partial charge in [-0.2, -0.15) is 0 Å². The summed E-state index contributed by atoms with van der Waals surface area (Å²) in [6, 6.07) is 9.06. The molecule has 2 aliphatic heterocycles. The molecule has 0 amide bonds. The fraction of sp³-hybridized carbons (Fsp3) is 0.609. The molecule has 4 rings (SSSR count). The van der Waals surface area contributed by atoms with Gasteiger partial charge in [-0.1, -0.05) is 12.1 Å². The Morgan fingerprint density at radius 1 is 0.861 bits per heavy atom. The fourth-order valence-corrected chi connectivity index (χ4v) is 4.29. The van der Waals surface area contributed by atoms with E-state index in [2.05, 4.69) is 4.98 Å². The number of benzene rings is 1. The molecule has 13 heteroatoms. The molecule has 3 heterocycles. The average Bonchev–Trinajstić information content (AvgIpc) is 2.90. The van der Waals surface area contributed by atoms with Gasteiger partial charge in [-0.05, 0) is 23.8 Å². The van der Waals surface area contributed by atoms with Gasteiger partial charge in [0.2, 0.25) is 0 Å². The van der Waals surface area contributed by atoms with Crippen LogP contribution in [0.5, 0.6) is 0 Å². The predicted molar refractivity (Wildman–Crippen MR) is 121 cm³/mol. The summed E-state index contributed by atoms with van der Waals surface area (Å²) in [6.45, 7) is -1.08. The van der Waals surface area contributed by atoms with E-state index in [-0.39, 0.29) is 6.54 Å². The third-order valence-corrected chi connectivity index (χ3v) is 6.45. The zero-order chi connectivity index (χ0) is 26.0. The smallest absolute Gasteiger partial charge is 0.187 e. The number of hydrogen-bond donors (Lipinski definition) is 8. The Morgan fingerprint density at radius 3 is 2.22 bits per heavy atom. The summed E-state index contributed by atoms with van der Waals surface area (Å²) in [5.41, 5.74) is 7.36. The molecule has 1 unspecified atom stereocenters. The first-order chi connectivity index (χ1) is 17.2. The zero-order valence-electron chi connectivity index (χ0n) is 19.2. The molecule has 1 aromatic heterocycles. The lowest BCUT2D eigenvalue weighted by Crippen LogP contribution is -2.61. The minimum Gasteiger partial charge on any atom is -0.394 e. The minimum absolute atomic E-state index is 0.0169. The van der Waals surface area contributed by atoms with Gasteiger partial charge in [-0.3, -0.25) is 4.98 Å². The number of aliphatic hydroxyl groups is 7. The van der Waals surface area contributed by atoms with E-state index in [1.807, 2.05) is 12.1 Å². The third-order valence-electron chi connectivity index (χ3n) is 6.45. The first-order valence-corrected chi connectivity index (χ1v) is 11.6. The van der Waals surface area contributed by atoms with Crippen LogP contribution >= 0.6 is 0 Å². The Labute approximate surface area is 206 Å². The van der Waals surface area contributed by atoms with Gasteiger partial charge in [0.1, 0.15) is 48.8 Å². The predicted octanol–water partition coefficient (Wildman–Crippen LogP) is -3.12. The van der Waals surface area contributed by atoms with Crippen LogP contribution in [0.25, 0.3) is 10.9 Å². The first-order valence-electron chi connectivity index (χ1n) is 11.6. The topological polar surface area (TPSA) is 217 Å². The second kappa shape index (κ2) is 11.7. The molecule has 36 heavy (non-hydrogen) atoms. The fourth-order valence-electron chi connectivity index (χ4n) is 4.29. The van der Waals surface area contributed by atoms with E-state index in [0.29, 0.717) is 5.56 Å². The van der Waals surface area contributed by atoms with Gasteiger partial charge in [-0.25, -0.2) is 0 Å². The SMILES string of the molecule is NCC(O[C@@H]1O[C@H](CO[C@@H]2O[C@H](CO)[C@@H](O)[C@H](O)[C@H]2O)[C@@H](O)[C@H](O)[C@H]1O)c1ccc2ncccc2c1. The molecule has 13 nitrogen and oxygen atoms in total. The Kier molecular flexibility index (Phi) is 8.83. The third kappa shape index (κ3) is 5.52. The van der Waals surface area contributed by atoms with Gasteiger partial charge in [-0.15, -0.1) is 0 Å². The monoisotopic (exact) mass is 512 g/mol. The Hall–Kier alpha value is -1.85. The maximum absolute atomic E-state index is 10.5. The Balaban J connectivity index is 1.44. The van der Waals surface area contributed by atoms with E-state index in [1.165, 1.54) is 0 Å². The molecule has 0 radical (unpaired) electrons. The van der Waals surface area contributed by atoms with Crippen LogP contribution in [0.1, 0.15) is 11.7 Å². The van der Waals surface area contributed by atoms with Crippen LogP contribution in [0.4, 0.5) is 0 Å². The number of pyridine rings is 1. The minimum atomic E-state index is -1.66. The molecule has 9 N–H and O–H groups in total. The molecule has 2 saturated heterocycles. The second-order valence-electron chi connectivity index (χ2n) is 8.86. The molecule has 0 saturated carbocycles. The van der Waals surface area contributed by atoms with Gasteiger partial charge in [0.15, 0.2) is 12.6 Å². The van der Waals surface area contributed by atoms with Gasteiger partial charge >= 0.3 is 0 Å². The highest BCUT2D eigenvalue weighted by Crippen LogP contribution is 2.29. The van der Waals surface area contributed by atoms with Crippen LogP contribution in [0.2, 0.25) is 0 Å². The van der Waals surface area contributed by atoms with Gasteiger partial charge in [0, 0.05) is 18.1 Å². The van der Waals surface area contributed by atoms with E-state index in [9.17, 15) is 35.7 Å². The molecule has 2 aliphatic rings. The highest BCUT2D eigenvalue weighted by atomic mass is 16.7. The van der Waals surface area contributed by atoms with Gasteiger partial charge in [0.05, 0.1) is 24.8 Å². The molecule has 11 atom stereocenters. The zero-order valence-corrected chi connectivity index (χ0v) is 19.2. The summed E-state index contributed by atoms with van der Waals surface area (Å²) >= 11 is 0. The van der Waals surface area contributed by atoms with Crippen molar-refractivity contribution in [2.24, 2.45) is 5.73 Å². The van der Waals surface area contributed by atoms with E-state index in [4.69, 9.17) is 24.7 Å². The van der Waals surface area contributed by atoms with Gasteiger partial charge < -0.3 is 60.4 Å². The maximum atomic E-state index is 10.5. The molecule has 2 aromatic rings. The highest BCUT2D eigenvalue weighted by Gasteiger charge is 2.47. The lowest BCUT2D eigenvalue weighted by molar-refractivity contribution is -0.335. The van der Waals surface area contributed by atoms with Crippen molar-refractivity contribution in [2.75, 3.05) is 19.8 Å². The molecule has 0 spiro atoms.